The highest BCUT2D eigenvalue weighted by Gasteiger charge is 1.96. The van der Waals surface area contributed by atoms with Crippen molar-refractivity contribution in [3.05, 3.63) is 30.5 Å². The van der Waals surface area contributed by atoms with E-state index in [1.54, 1.807) is 16.8 Å². The second-order valence-corrected chi connectivity index (χ2v) is 2.25. The van der Waals surface area contributed by atoms with Gasteiger partial charge in [0, 0.05) is 0 Å². The summed E-state index contributed by atoms with van der Waals surface area (Å²) in [7, 11) is 0. The Hall–Kier alpha value is -1.93. The van der Waals surface area contributed by atoms with Crippen LogP contribution in [-0.2, 0) is 4.79 Å². The molecule has 0 spiro atoms. The van der Waals surface area contributed by atoms with Gasteiger partial charge in [0.05, 0.1) is 11.7 Å². The van der Waals surface area contributed by atoms with E-state index in [4.69, 9.17) is 0 Å². The molecule has 0 unspecified atom stereocenters. The van der Waals surface area contributed by atoms with Crippen LogP contribution in [0.1, 0.15) is 0 Å². The fraction of sp³-hybridized carbons (Fsp3) is 0. The molecule has 2 heterocycles. The van der Waals surface area contributed by atoms with E-state index in [2.05, 4.69) is 10.1 Å². The van der Waals surface area contributed by atoms with Crippen LogP contribution in [0.15, 0.2) is 35.5 Å². The molecule has 0 aromatic carbocycles. The van der Waals surface area contributed by atoms with E-state index in [1.807, 2.05) is 18.2 Å². The summed E-state index contributed by atoms with van der Waals surface area (Å²) in [6.45, 7) is 0. The molecule has 0 saturated heterocycles. The maximum absolute atomic E-state index is 10.0. The summed E-state index contributed by atoms with van der Waals surface area (Å²) in [5.74, 6) is 0.493. The van der Waals surface area contributed by atoms with Gasteiger partial charge in [-0.15, -0.1) is 4.99 Å². The number of hydrogen-bond donors (Lipinski definition) is 0. The van der Waals surface area contributed by atoms with Crippen LogP contribution >= 0.6 is 0 Å². The van der Waals surface area contributed by atoms with E-state index in [-0.39, 0.29) is 0 Å². The first-order valence-electron chi connectivity index (χ1n) is 3.42. The maximum Gasteiger partial charge on any atom is 0.242 e. The minimum absolute atomic E-state index is 0.493. The standard InChI is InChI=1S/C8H5N3O/c12-6-9-8-3-1-2-7-4-5-10-11(7)8/h1-5H. The predicted octanol–water partition coefficient (Wildman–Crippen LogP) is 1.30. The molecule has 2 rings (SSSR count). The predicted molar refractivity (Wildman–Crippen MR) is 43.0 cm³/mol. The van der Waals surface area contributed by atoms with Crippen molar-refractivity contribution in [1.82, 2.24) is 9.61 Å². The number of nitrogens with zero attached hydrogens (tertiary/aromatic N) is 3. The van der Waals surface area contributed by atoms with E-state index >= 15 is 0 Å². The molecule has 0 N–H and O–H groups in total. The minimum atomic E-state index is 0.493. The van der Waals surface area contributed by atoms with Crippen LogP contribution in [0.2, 0.25) is 0 Å². The highest BCUT2D eigenvalue weighted by atomic mass is 16.1. The first kappa shape index (κ1) is 6.76. The van der Waals surface area contributed by atoms with Gasteiger partial charge in [-0.25, -0.2) is 9.31 Å². The maximum atomic E-state index is 10.0. The number of hydrogen-bond acceptors (Lipinski definition) is 3. The molecule has 0 amide bonds. The molecule has 4 heteroatoms. The second kappa shape index (κ2) is 2.60. The number of carbonyl (C=O) groups excluding carboxylic acids is 1. The van der Waals surface area contributed by atoms with Crippen molar-refractivity contribution >= 4 is 17.4 Å². The van der Waals surface area contributed by atoms with E-state index in [9.17, 15) is 4.79 Å². The van der Waals surface area contributed by atoms with Crippen molar-refractivity contribution in [3.8, 4) is 0 Å². The first-order valence-corrected chi connectivity index (χ1v) is 3.42. The first-order chi connectivity index (χ1) is 5.92. The molecule has 4 nitrogen and oxygen atoms in total. The number of pyridine rings is 1. The third kappa shape index (κ3) is 0.909. The number of aromatic nitrogens is 2. The largest absolute Gasteiger partial charge is 0.242 e. The molecule has 0 bridgehead atoms. The quantitative estimate of drug-likeness (QED) is 0.465. The zero-order valence-corrected chi connectivity index (χ0v) is 6.14. The molecule has 0 fully saturated rings. The monoisotopic (exact) mass is 159 g/mol. The van der Waals surface area contributed by atoms with E-state index in [0.717, 1.165) is 5.52 Å². The molecule has 0 aliphatic rings. The van der Waals surface area contributed by atoms with Gasteiger partial charge in [0.25, 0.3) is 0 Å². The van der Waals surface area contributed by atoms with Crippen LogP contribution in [0.5, 0.6) is 0 Å². The SMILES string of the molecule is O=C=Nc1cccc2ccnn12. The van der Waals surface area contributed by atoms with Gasteiger partial charge >= 0.3 is 0 Å². The number of rotatable bonds is 1. The highest BCUT2D eigenvalue weighted by Crippen LogP contribution is 2.12. The summed E-state index contributed by atoms with van der Waals surface area (Å²) < 4.78 is 1.57. The Labute approximate surface area is 68.2 Å². The van der Waals surface area contributed by atoms with Crippen molar-refractivity contribution < 1.29 is 4.79 Å². The zero-order chi connectivity index (χ0) is 8.39. The molecule has 0 radical (unpaired) electrons. The summed E-state index contributed by atoms with van der Waals surface area (Å²) in [5.41, 5.74) is 0.909. The van der Waals surface area contributed by atoms with Gasteiger partial charge in [-0.05, 0) is 18.2 Å². The normalized spacial score (nSPS) is 9.67. The topological polar surface area (TPSA) is 46.7 Å². The molecule has 0 aliphatic carbocycles. The van der Waals surface area contributed by atoms with E-state index < -0.39 is 0 Å². The number of aliphatic imine (C=N–C) groups is 1. The average Bonchev–Trinajstić information content (AvgIpc) is 2.53. The summed E-state index contributed by atoms with van der Waals surface area (Å²) in [6.07, 6.45) is 3.13. The minimum Gasteiger partial charge on any atom is -0.215 e. The summed E-state index contributed by atoms with van der Waals surface area (Å²) in [5, 5.41) is 3.98. The smallest absolute Gasteiger partial charge is 0.215 e. The Kier molecular flexibility index (Phi) is 1.47. The molecule has 2 aromatic rings. The Morgan fingerprint density at radius 2 is 2.33 bits per heavy atom. The Balaban J connectivity index is 2.81. The number of isocyanates is 1. The van der Waals surface area contributed by atoms with Crippen molar-refractivity contribution in [3.63, 3.8) is 0 Å². The molecule has 2 aromatic heterocycles. The van der Waals surface area contributed by atoms with Gasteiger partial charge in [-0.2, -0.15) is 5.10 Å². The van der Waals surface area contributed by atoms with Crippen molar-refractivity contribution in [1.29, 1.82) is 0 Å². The van der Waals surface area contributed by atoms with Crippen molar-refractivity contribution in [2.24, 2.45) is 4.99 Å². The lowest BCUT2D eigenvalue weighted by atomic mass is 10.4. The van der Waals surface area contributed by atoms with Gasteiger partial charge in [-0.1, -0.05) is 6.07 Å². The van der Waals surface area contributed by atoms with Crippen LogP contribution in [0.3, 0.4) is 0 Å². The third-order valence-corrected chi connectivity index (χ3v) is 1.56. The molecular formula is C8H5N3O. The molecule has 0 atom stereocenters. The van der Waals surface area contributed by atoms with Crippen LogP contribution in [-0.4, -0.2) is 15.7 Å². The lowest BCUT2D eigenvalue weighted by molar-refractivity contribution is 0.565. The van der Waals surface area contributed by atoms with Crippen LogP contribution < -0.4 is 0 Å². The molecule has 0 aliphatic heterocycles. The second-order valence-electron chi connectivity index (χ2n) is 2.25. The molecule has 58 valence electrons. The summed E-state index contributed by atoms with van der Waals surface area (Å²) in [4.78, 5) is 13.5. The van der Waals surface area contributed by atoms with Crippen molar-refractivity contribution in [2.45, 2.75) is 0 Å². The van der Waals surface area contributed by atoms with Gasteiger partial charge in [0.1, 0.15) is 0 Å². The fourth-order valence-electron chi connectivity index (χ4n) is 1.07. The fourth-order valence-corrected chi connectivity index (χ4v) is 1.07. The third-order valence-electron chi connectivity index (χ3n) is 1.56. The lowest BCUT2D eigenvalue weighted by Crippen LogP contribution is -1.85. The summed E-state index contributed by atoms with van der Waals surface area (Å²) >= 11 is 0. The van der Waals surface area contributed by atoms with Crippen molar-refractivity contribution in [2.75, 3.05) is 0 Å². The van der Waals surface area contributed by atoms with E-state index in [1.165, 1.54) is 6.08 Å². The van der Waals surface area contributed by atoms with Crippen LogP contribution in [0, 0.1) is 0 Å². The molecule has 12 heavy (non-hydrogen) atoms. The summed E-state index contributed by atoms with van der Waals surface area (Å²) in [6, 6.07) is 7.23. The Morgan fingerprint density at radius 3 is 3.17 bits per heavy atom. The van der Waals surface area contributed by atoms with Crippen LogP contribution in [0.25, 0.3) is 5.52 Å². The van der Waals surface area contributed by atoms with Gasteiger partial charge < -0.3 is 0 Å². The molecular weight excluding hydrogens is 154 g/mol. The Morgan fingerprint density at radius 1 is 1.42 bits per heavy atom. The van der Waals surface area contributed by atoms with Gasteiger partial charge in [-0.3, -0.25) is 0 Å². The Bertz CT molecular complexity index is 454. The van der Waals surface area contributed by atoms with Gasteiger partial charge in [0.15, 0.2) is 5.82 Å². The zero-order valence-electron chi connectivity index (χ0n) is 6.14. The highest BCUT2D eigenvalue weighted by molar-refractivity contribution is 5.54. The van der Waals surface area contributed by atoms with E-state index in [0.29, 0.717) is 5.82 Å². The van der Waals surface area contributed by atoms with Crippen LogP contribution in [0.4, 0.5) is 5.82 Å². The van der Waals surface area contributed by atoms with Gasteiger partial charge in [0.2, 0.25) is 6.08 Å². The number of fused-ring (bicyclic) bond motifs is 1. The lowest BCUT2D eigenvalue weighted by Gasteiger charge is -1.94. The molecule has 0 saturated carbocycles. The average molecular weight is 159 g/mol.